The van der Waals surface area contributed by atoms with E-state index in [1.165, 1.54) is 11.9 Å². The van der Waals surface area contributed by atoms with Crippen molar-refractivity contribution in [3.63, 3.8) is 0 Å². The number of ether oxygens (including phenoxy) is 1. The van der Waals surface area contributed by atoms with E-state index in [2.05, 4.69) is 5.32 Å². The SMILES string of the molecule is CC[C@@H](C)[C@H](C(=O)OCC(=O)N(C)CC(=O)Nc1ccccc1Cl)c1ccccc1. The Balaban J connectivity index is 1.90. The Hall–Kier alpha value is -2.86. The van der Waals surface area contributed by atoms with Gasteiger partial charge in [-0.2, -0.15) is 0 Å². The van der Waals surface area contributed by atoms with Gasteiger partial charge in [-0.15, -0.1) is 0 Å². The van der Waals surface area contributed by atoms with Gasteiger partial charge in [-0.1, -0.05) is 74.3 Å². The zero-order valence-electron chi connectivity index (χ0n) is 17.4. The second-order valence-electron chi connectivity index (χ2n) is 7.16. The second-order valence-corrected chi connectivity index (χ2v) is 7.57. The maximum atomic E-state index is 12.7. The van der Waals surface area contributed by atoms with E-state index in [1.54, 1.807) is 24.3 Å². The predicted molar refractivity (Wildman–Crippen MR) is 117 cm³/mol. The average Bonchev–Trinajstić information content (AvgIpc) is 2.74. The molecule has 2 rings (SSSR count). The number of carbonyl (C=O) groups is 3. The second kappa shape index (κ2) is 11.4. The number of halogens is 1. The van der Waals surface area contributed by atoms with E-state index in [0.717, 1.165) is 12.0 Å². The van der Waals surface area contributed by atoms with E-state index in [1.807, 2.05) is 44.2 Å². The van der Waals surface area contributed by atoms with Crippen LogP contribution in [0.1, 0.15) is 31.7 Å². The largest absolute Gasteiger partial charge is 0.455 e. The molecule has 2 atom stereocenters. The zero-order chi connectivity index (χ0) is 22.1. The minimum absolute atomic E-state index is 0.0640. The lowest BCUT2D eigenvalue weighted by Crippen LogP contribution is -2.38. The molecule has 7 heteroatoms. The number of rotatable bonds is 9. The van der Waals surface area contributed by atoms with Crippen LogP contribution >= 0.6 is 11.6 Å². The van der Waals surface area contributed by atoms with Crippen molar-refractivity contribution >= 4 is 35.1 Å². The standard InChI is InChI=1S/C23H27ClN2O4/c1-4-16(2)22(17-10-6-5-7-11-17)23(29)30-15-21(28)26(3)14-20(27)25-19-13-9-8-12-18(19)24/h5-13,16,22H,4,14-15H2,1-3H3,(H,25,27)/t16-,22+/m1/s1. The number of anilines is 1. The maximum absolute atomic E-state index is 12.7. The molecule has 0 radical (unpaired) electrons. The molecule has 0 heterocycles. The number of benzene rings is 2. The van der Waals surface area contributed by atoms with Crippen LogP contribution in [-0.2, 0) is 19.1 Å². The first-order valence-electron chi connectivity index (χ1n) is 9.83. The van der Waals surface area contributed by atoms with Crippen LogP contribution in [-0.4, -0.2) is 42.9 Å². The molecule has 0 saturated carbocycles. The molecule has 0 spiro atoms. The number of esters is 1. The summed E-state index contributed by atoms with van der Waals surface area (Å²) in [5.74, 6) is -1.69. The number of amides is 2. The Morgan fingerprint density at radius 3 is 2.33 bits per heavy atom. The monoisotopic (exact) mass is 430 g/mol. The normalized spacial score (nSPS) is 12.5. The van der Waals surface area contributed by atoms with Crippen LogP contribution in [0, 0.1) is 5.92 Å². The summed E-state index contributed by atoms with van der Waals surface area (Å²) in [4.78, 5) is 38.4. The lowest BCUT2D eigenvalue weighted by atomic mass is 9.86. The Bertz CT molecular complexity index is 873. The van der Waals surface area contributed by atoms with Gasteiger partial charge in [-0.25, -0.2) is 0 Å². The molecule has 2 aromatic rings. The number of likely N-dealkylation sites (N-methyl/N-ethyl adjacent to an activating group) is 1. The molecule has 0 aliphatic carbocycles. The summed E-state index contributed by atoms with van der Waals surface area (Å²) in [6.45, 7) is 3.37. The Kier molecular flexibility index (Phi) is 8.87. The van der Waals surface area contributed by atoms with Crippen molar-refractivity contribution in [3.05, 3.63) is 65.2 Å². The van der Waals surface area contributed by atoms with Gasteiger partial charge in [0.2, 0.25) is 5.91 Å². The van der Waals surface area contributed by atoms with Crippen LogP contribution in [0.15, 0.2) is 54.6 Å². The van der Waals surface area contributed by atoms with E-state index in [0.29, 0.717) is 10.7 Å². The summed E-state index contributed by atoms with van der Waals surface area (Å²) in [6, 6.07) is 16.2. The van der Waals surface area contributed by atoms with Crippen molar-refractivity contribution in [2.75, 3.05) is 25.5 Å². The minimum Gasteiger partial charge on any atom is -0.455 e. The Morgan fingerprint density at radius 2 is 1.70 bits per heavy atom. The van der Waals surface area contributed by atoms with Gasteiger partial charge in [0.1, 0.15) is 0 Å². The summed E-state index contributed by atoms with van der Waals surface area (Å²) in [7, 11) is 1.48. The Labute approximate surface area is 182 Å². The molecule has 0 aliphatic rings. The van der Waals surface area contributed by atoms with Crippen LogP contribution in [0.2, 0.25) is 5.02 Å². The van der Waals surface area contributed by atoms with E-state index in [-0.39, 0.29) is 12.5 Å². The molecule has 0 fully saturated rings. The molecule has 1 N–H and O–H groups in total. The van der Waals surface area contributed by atoms with Crippen molar-refractivity contribution in [3.8, 4) is 0 Å². The van der Waals surface area contributed by atoms with Gasteiger partial charge in [0, 0.05) is 7.05 Å². The fourth-order valence-electron chi connectivity index (χ4n) is 2.98. The molecule has 2 amide bonds. The number of nitrogens with zero attached hydrogens (tertiary/aromatic N) is 1. The molecule has 30 heavy (non-hydrogen) atoms. The lowest BCUT2D eigenvalue weighted by Gasteiger charge is -2.23. The van der Waals surface area contributed by atoms with Gasteiger partial charge in [0.05, 0.1) is 23.2 Å². The molecule has 0 aromatic heterocycles. The topological polar surface area (TPSA) is 75.7 Å². The highest BCUT2D eigenvalue weighted by Crippen LogP contribution is 2.28. The van der Waals surface area contributed by atoms with Gasteiger partial charge in [0.25, 0.3) is 5.91 Å². The predicted octanol–water partition coefficient (Wildman–Crippen LogP) is 4.11. The fourth-order valence-corrected chi connectivity index (χ4v) is 3.16. The third kappa shape index (κ3) is 6.59. The molecule has 0 aliphatic heterocycles. The Morgan fingerprint density at radius 1 is 1.07 bits per heavy atom. The molecule has 160 valence electrons. The number of para-hydroxylation sites is 1. The van der Waals surface area contributed by atoms with Gasteiger partial charge in [-0.05, 0) is 23.6 Å². The van der Waals surface area contributed by atoms with Crippen LogP contribution in [0.25, 0.3) is 0 Å². The summed E-state index contributed by atoms with van der Waals surface area (Å²) < 4.78 is 5.30. The highest BCUT2D eigenvalue weighted by Gasteiger charge is 2.28. The molecular weight excluding hydrogens is 404 g/mol. The summed E-state index contributed by atoms with van der Waals surface area (Å²) >= 11 is 6.02. The summed E-state index contributed by atoms with van der Waals surface area (Å²) in [5, 5.41) is 3.06. The third-order valence-corrected chi connectivity index (χ3v) is 5.25. The molecule has 0 unspecified atom stereocenters. The third-order valence-electron chi connectivity index (χ3n) is 4.92. The number of hydrogen-bond acceptors (Lipinski definition) is 4. The first-order valence-corrected chi connectivity index (χ1v) is 10.2. The number of nitrogens with one attached hydrogen (secondary N) is 1. The molecule has 0 saturated heterocycles. The number of carbonyl (C=O) groups excluding carboxylic acids is 3. The van der Waals surface area contributed by atoms with E-state index in [9.17, 15) is 14.4 Å². The van der Waals surface area contributed by atoms with E-state index in [4.69, 9.17) is 16.3 Å². The fraction of sp³-hybridized carbons (Fsp3) is 0.348. The van der Waals surface area contributed by atoms with Crippen molar-refractivity contribution in [1.29, 1.82) is 0 Å². The zero-order valence-corrected chi connectivity index (χ0v) is 18.2. The van der Waals surface area contributed by atoms with Gasteiger partial charge < -0.3 is 15.0 Å². The van der Waals surface area contributed by atoms with Gasteiger partial charge >= 0.3 is 5.97 Å². The van der Waals surface area contributed by atoms with E-state index >= 15 is 0 Å². The van der Waals surface area contributed by atoms with Crippen LogP contribution < -0.4 is 5.32 Å². The highest BCUT2D eigenvalue weighted by atomic mass is 35.5. The van der Waals surface area contributed by atoms with Crippen LogP contribution in [0.5, 0.6) is 0 Å². The van der Waals surface area contributed by atoms with Crippen LogP contribution in [0.3, 0.4) is 0 Å². The maximum Gasteiger partial charge on any atom is 0.314 e. The quantitative estimate of drug-likeness (QED) is 0.607. The molecule has 2 aromatic carbocycles. The molecular formula is C23H27ClN2O4. The first-order chi connectivity index (χ1) is 14.3. The highest BCUT2D eigenvalue weighted by molar-refractivity contribution is 6.33. The van der Waals surface area contributed by atoms with Crippen molar-refractivity contribution in [1.82, 2.24) is 4.90 Å². The van der Waals surface area contributed by atoms with Crippen molar-refractivity contribution in [2.45, 2.75) is 26.2 Å². The van der Waals surface area contributed by atoms with Gasteiger partial charge in [-0.3, -0.25) is 14.4 Å². The van der Waals surface area contributed by atoms with Crippen molar-refractivity contribution < 1.29 is 19.1 Å². The average molecular weight is 431 g/mol. The van der Waals surface area contributed by atoms with Crippen molar-refractivity contribution in [2.24, 2.45) is 5.92 Å². The molecule has 0 bridgehead atoms. The minimum atomic E-state index is -0.464. The lowest BCUT2D eigenvalue weighted by molar-refractivity contribution is -0.154. The summed E-state index contributed by atoms with van der Waals surface area (Å²) in [6.07, 6.45) is 0.796. The first kappa shape index (κ1) is 23.4. The smallest absolute Gasteiger partial charge is 0.314 e. The van der Waals surface area contributed by atoms with Gasteiger partial charge in [0.15, 0.2) is 6.61 Å². The molecule has 6 nitrogen and oxygen atoms in total. The van der Waals surface area contributed by atoms with Crippen LogP contribution in [0.4, 0.5) is 5.69 Å². The number of hydrogen-bond donors (Lipinski definition) is 1. The summed E-state index contributed by atoms with van der Waals surface area (Å²) in [5.41, 5.74) is 1.33. The van der Waals surface area contributed by atoms with E-state index < -0.39 is 30.3 Å².